The molecule has 0 saturated carbocycles. The first kappa shape index (κ1) is 24.1. The first-order valence-corrected chi connectivity index (χ1v) is 10.6. The zero-order chi connectivity index (χ0) is 22.6. The first-order chi connectivity index (χ1) is 15.0. The summed E-state index contributed by atoms with van der Waals surface area (Å²) in [5.74, 6) is 2.03. The first-order valence-electron chi connectivity index (χ1n) is 10.6. The Kier molecular flexibility index (Phi) is 9.68. The maximum Gasteiger partial charge on any atom is 0.251 e. The zero-order valence-electron chi connectivity index (χ0n) is 19.1. The second-order valence-corrected chi connectivity index (χ2v) is 7.22. The molecule has 7 nitrogen and oxygen atoms in total. The van der Waals surface area contributed by atoms with Crippen molar-refractivity contribution >= 4 is 11.9 Å². The molecule has 2 aromatic carbocycles. The lowest BCUT2D eigenvalue weighted by Crippen LogP contribution is -2.36. The van der Waals surface area contributed by atoms with Gasteiger partial charge in [-0.05, 0) is 55.7 Å². The molecule has 0 aromatic heterocycles. The van der Waals surface area contributed by atoms with Crippen LogP contribution in [0.2, 0.25) is 0 Å². The van der Waals surface area contributed by atoms with Gasteiger partial charge in [-0.1, -0.05) is 25.1 Å². The lowest BCUT2D eigenvalue weighted by molar-refractivity contribution is 0.0939. The van der Waals surface area contributed by atoms with Crippen LogP contribution in [-0.4, -0.2) is 38.7 Å². The van der Waals surface area contributed by atoms with Crippen LogP contribution in [0.25, 0.3) is 0 Å². The predicted octanol–water partition coefficient (Wildman–Crippen LogP) is 3.49. The molecule has 31 heavy (non-hydrogen) atoms. The minimum absolute atomic E-state index is 0.0568. The molecular weight excluding hydrogens is 392 g/mol. The molecule has 0 spiro atoms. The van der Waals surface area contributed by atoms with Gasteiger partial charge in [-0.3, -0.25) is 4.79 Å². The highest BCUT2D eigenvalue weighted by atomic mass is 16.5. The van der Waals surface area contributed by atoms with Crippen LogP contribution in [0.15, 0.2) is 47.5 Å². The van der Waals surface area contributed by atoms with Crippen molar-refractivity contribution in [1.29, 1.82) is 0 Å². The molecule has 1 unspecified atom stereocenters. The number of carbonyl (C=O) groups excluding carboxylic acids is 1. The maximum absolute atomic E-state index is 12.4. The summed E-state index contributed by atoms with van der Waals surface area (Å²) in [7, 11) is 3.24. The van der Waals surface area contributed by atoms with Crippen LogP contribution in [-0.2, 0) is 13.1 Å². The van der Waals surface area contributed by atoms with E-state index in [2.05, 4.69) is 20.9 Å². The Morgan fingerprint density at radius 3 is 2.45 bits per heavy atom. The van der Waals surface area contributed by atoms with Crippen LogP contribution < -0.4 is 25.4 Å². The molecular formula is C24H34N4O3. The fraction of sp³-hybridized carbons (Fsp3) is 0.417. The number of hydrogen-bond acceptors (Lipinski definition) is 4. The van der Waals surface area contributed by atoms with Crippen LogP contribution >= 0.6 is 0 Å². The summed E-state index contributed by atoms with van der Waals surface area (Å²) in [5.41, 5.74) is 2.67. The molecule has 3 N–H and O–H groups in total. The van der Waals surface area contributed by atoms with E-state index >= 15 is 0 Å². The number of benzene rings is 2. The summed E-state index contributed by atoms with van der Waals surface area (Å²) in [6, 6.07) is 13.5. The molecule has 2 rings (SSSR count). The highest BCUT2D eigenvalue weighted by Crippen LogP contribution is 2.27. The minimum atomic E-state index is -0.0568. The van der Waals surface area contributed by atoms with Crippen molar-refractivity contribution in [3.63, 3.8) is 0 Å². The highest BCUT2D eigenvalue weighted by molar-refractivity contribution is 5.94. The maximum atomic E-state index is 12.4. The van der Waals surface area contributed by atoms with E-state index in [0.717, 1.165) is 24.1 Å². The van der Waals surface area contributed by atoms with Crippen molar-refractivity contribution < 1.29 is 14.3 Å². The predicted molar refractivity (Wildman–Crippen MR) is 125 cm³/mol. The summed E-state index contributed by atoms with van der Waals surface area (Å²) < 4.78 is 10.7. The largest absolute Gasteiger partial charge is 0.493 e. The van der Waals surface area contributed by atoms with Gasteiger partial charge in [0, 0.05) is 24.7 Å². The smallest absolute Gasteiger partial charge is 0.251 e. The van der Waals surface area contributed by atoms with E-state index < -0.39 is 0 Å². The summed E-state index contributed by atoms with van der Waals surface area (Å²) in [6.45, 7) is 7.87. The number of nitrogens with one attached hydrogen (secondary N) is 3. The Morgan fingerprint density at radius 1 is 1.00 bits per heavy atom. The van der Waals surface area contributed by atoms with Crippen LogP contribution in [0.3, 0.4) is 0 Å². The number of amides is 1. The van der Waals surface area contributed by atoms with Crippen LogP contribution in [0.1, 0.15) is 48.7 Å². The topological polar surface area (TPSA) is 84.0 Å². The Morgan fingerprint density at radius 2 is 1.77 bits per heavy atom. The average molecular weight is 427 g/mol. The molecule has 0 radical (unpaired) electrons. The van der Waals surface area contributed by atoms with Crippen molar-refractivity contribution in [2.75, 3.05) is 20.8 Å². The standard InChI is InChI=1S/C24H34N4O3/c1-6-17(3)28-23(29)20-10-8-9-18(13-20)15-26-24(25-7-2)27-16-19-11-12-21(30-4)22(14-19)31-5/h8-14,17H,6-7,15-16H2,1-5H3,(H,28,29)(H2,25,26,27). The number of methoxy groups -OCH3 is 2. The molecule has 1 amide bonds. The fourth-order valence-corrected chi connectivity index (χ4v) is 2.91. The molecule has 0 aliphatic heterocycles. The molecule has 0 bridgehead atoms. The fourth-order valence-electron chi connectivity index (χ4n) is 2.91. The van der Waals surface area contributed by atoms with Crippen LogP contribution in [0.4, 0.5) is 0 Å². The molecule has 1 atom stereocenters. The van der Waals surface area contributed by atoms with E-state index in [9.17, 15) is 4.79 Å². The third-order valence-corrected chi connectivity index (χ3v) is 4.85. The van der Waals surface area contributed by atoms with Gasteiger partial charge in [-0.15, -0.1) is 0 Å². The summed E-state index contributed by atoms with van der Waals surface area (Å²) in [5, 5.41) is 9.57. The van der Waals surface area contributed by atoms with Gasteiger partial charge in [0.15, 0.2) is 17.5 Å². The van der Waals surface area contributed by atoms with E-state index in [1.165, 1.54) is 0 Å². The SMILES string of the molecule is CCNC(=NCc1cccc(C(=O)NC(C)CC)c1)NCc1ccc(OC)c(OC)c1. The number of carbonyl (C=O) groups is 1. The second kappa shape index (κ2) is 12.5. The Balaban J connectivity index is 2.04. The van der Waals surface area contributed by atoms with Crippen molar-refractivity contribution in [2.24, 2.45) is 4.99 Å². The van der Waals surface area contributed by atoms with Gasteiger partial charge in [0.1, 0.15) is 0 Å². The van der Waals surface area contributed by atoms with Crippen molar-refractivity contribution in [3.8, 4) is 11.5 Å². The van der Waals surface area contributed by atoms with Gasteiger partial charge in [0.25, 0.3) is 5.91 Å². The zero-order valence-corrected chi connectivity index (χ0v) is 19.1. The van der Waals surface area contributed by atoms with Gasteiger partial charge in [0.05, 0.1) is 20.8 Å². The van der Waals surface area contributed by atoms with Crippen molar-refractivity contribution in [1.82, 2.24) is 16.0 Å². The Hall–Kier alpha value is -3.22. The quantitative estimate of drug-likeness (QED) is 0.400. The molecule has 0 aliphatic carbocycles. The summed E-state index contributed by atoms with van der Waals surface area (Å²) in [4.78, 5) is 17.0. The molecule has 0 fully saturated rings. The molecule has 2 aromatic rings. The Labute approximate surface area is 185 Å². The number of aliphatic imine (C=N–C) groups is 1. The number of rotatable bonds is 10. The highest BCUT2D eigenvalue weighted by Gasteiger charge is 2.09. The van der Waals surface area contributed by atoms with E-state index in [1.54, 1.807) is 14.2 Å². The van der Waals surface area contributed by atoms with Gasteiger partial charge in [-0.25, -0.2) is 4.99 Å². The number of ether oxygens (including phenoxy) is 2. The minimum Gasteiger partial charge on any atom is -0.493 e. The number of hydrogen-bond donors (Lipinski definition) is 3. The van der Waals surface area contributed by atoms with Crippen molar-refractivity contribution in [2.45, 2.75) is 46.3 Å². The Bertz CT molecular complexity index is 883. The summed E-state index contributed by atoms with van der Waals surface area (Å²) >= 11 is 0. The molecule has 0 saturated heterocycles. The van der Waals surface area contributed by atoms with E-state index in [-0.39, 0.29) is 11.9 Å². The number of guanidine groups is 1. The molecule has 7 heteroatoms. The van der Waals surface area contributed by atoms with E-state index in [4.69, 9.17) is 9.47 Å². The third-order valence-electron chi connectivity index (χ3n) is 4.85. The molecule has 168 valence electrons. The second-order valence-electron chi connectivity index (χ2n) is 7.22. The lowest BCUT2D eigenvalue weighted by atomic mass is 10.1. The monoisotopic (exact) mass is 426 g/mol. The van der Waals surface area contributed by atoms with Gasteiger partial charge in [0.2, 0.25) is 0 Å². The van der Waals surface area contributed by atoms with Crippen molar-refractivity contribution in [3.05, 3.63) is 59.2 Å². The molecule has 0 heterocycles. The normalized spacial score (nSPS) is 12.1. The van der Waals surface area contributed by atoms with Gasteiger partial charge < -0.3 is 25.4 Å². The van der Waals surface area contributed by atoms with Gasteiger partial charge in [-0.2, -0.15) is 0 Å². The van der Waals surface area contributed by atoms with E-state index in [0.29, 0.717) is 36.1 Å². The van der Waals surface area contributed by atoms with E-state index in [1.807, 2.05) is 63.2 Å². The van der Waals surface area contributed by atoms with Crippen LogP contribution in [0.5, 0.6) is 11.5 Å². The third kappa shape index (κ3) is 7.51. The van der Waals surface area contributed by atoms with Crippen LogP contribution in [0, 0.1) is 0 Å². The molecule has 0 aliphatic rings. The van der Waals surface area contributed by atoms with Gasteiger partial charge >= 0.3 is 0 Å². The number of nitrogens with zero attached hydrogens (tertiary/aromatic N) is 1. The lowest BCUT2D eigenvalue weighted by Gasteiger charge is -2.14. The summed E-state index contributed by atoms with van der Waals surface area (Å²) in [6.07, 6.45) is 0.896. The average Bonchev–Trinajstić information content (AvgIpc) is 2.80.